The summed E-state index contributed by atoms with van der Waals surface area (Å²) in [4.78, 5) is 13.2. The molecule has 28 heavy (non-hydrogen) atoms. The van der Waals surface area contributed by atoms with Crippen molar-refractivity contribution >= 4 is 12.2 Å². The van der Waals surface area contributed by atoms with Crippen LogP contribution in [0.5, 0.6) is 5.75 Å². The van der Waals surface area contributed by atoms with Crippen LogP contribution >= 0.6 is 0 Å². The second-order valence-electron chi connectivity index (χ2n) is 6.03. The molecule has 2 heterocycles. The van der Waals surface area contributed by atoms with Gasteiger partial charge in [0.15, 0.2) is 0 Å². The molecule has 0 fully saturated rings. The van der Waals surface area contributed by atoms with Crippen LogP contribution < -0.4 is 5.43 Å². The SMILES string of the molecule is Oc1ccc(/C=N/Nc2nc(-c3ccccc3)cc(-c3ccncc3)n2)cc1. The fourth-order valence-electron chi connectivity index (χ4n) is 2.65. The molecular formula is C22H17N5O. The van der Waals surface area contributed by atoms with Gasteiger partial charge in [-0.1, -0.05) is 30.3 Å². The molecule has 0 amide bonds. The summed E-state index contributed by atoms with van der Waals surface area (Å²) in [6.07, 6.45) is 5.11. The second kappa shape index (κ2) is 8.09. The number of phenols is 1. The van der Waals surface area contributed by atoms with E-state index in [1.54, 1.807) is 42.9 Å². The zero-order valence-corrected chi connectivity index (χ0v) is 14.9. The van der Waals surface area contributed by atoms with Crippen LogP contribution in [0.15, 0.2) is 90.3 Å². The Kier molecular flexibility index (Phi) is 5.02. The van der Waals surface area contributed by atoms with E-state index < -0.39 is 0 Å². The van der Waals surface area contributed by atoms with E-state index in [9.17, 15) is 5.11 Å². The van der Waals surface area contributed by atoms with Gasteiger partial charge in [-0.15, -0.1) is 0 Å². The van der Waals surface area contributed by atoms with Crippen molar-refractivity contribution in [2.45, 2.75) is 0 Å². The van der Waals surface area contributed by atoms with E-state index in [1.807, 2.05) is 48.5 Å². The number of hydrogen-bond donors (Lipinski definition) is 2. The van der Waals surface area contributed by atoms with Gasteiger partial charge in [-0.25, -0.2) is 15.4 Å². The van der Waals surface area contributed by atoms with Crippen molar-refractivity contribution in [3.8, 4) is 28.3 Å². The first-order valence-corrected chi connectivity index (χ1v) is 8.71. The Morgan fingerprint density at radius 3 is 2.11 bits per heavy atom. The summed E-state index contributed by atoms with van der Waals surface area (Å²) >= 11 is 0. The number of rotatable bonds is 5. The first-order valence-electron chi connectivity index (χ1n) is 8.71. The van der Waals surface area contributed by atoms with Crippen LogP contribution in [0.1, 0.15) is 5.56 Å². The van der Waals surface area contributed by atoms with E-state index in [-0.39, 0.29) is 5.75 Å². The molecule has 0 aliphatic heterocycles. The molecule has 6 nitrogen and oxygen atoms in total. The van der Waals surface area contributed by atoms with Gasteiger partial charge in [-0.2, -0.15) is 5.10 Å². The Labute approximate surface area is 162 Å². The molecule has 0 atom stereocenters. The Balaban J connectivity index is 1.66. The first kappa shape index (κ1) is 17.4. The molecule has 0 bridgehead atoms. The Morgan fingerprint density at radius 2 is 1.43 bits per heavy atom. The smallest absolute Gasteiger partial charge is 0.244 e. The molecule has 6 heteroatoms. The number of aromatic nitrogens is 3. The quantitative estimate of drug-likeness (QED) is 0.404. The summed E-state index contributed by atoms with van der Waals surface area (Å²) in [5.41, 5.74) is 7.25. The zero-order chi connectivity index (χ0) is 19.2. The summed E-state index contributed by atoms with van der Waals surface area (Å²) in [7, 11) is 0. The van der Waals surface area contributed by atoms with E-state index in [4.69, 9.17) is 0 Å². The van der Waals surface area contributed by atoms with Gasteiger partial charge >= 0.3 is 0 Å². The normalized spacial score (nSPS) is 10.9. The van der Waals surface area contributed by atoms with E-state index in [0.29, 0.717) is 5.95 Å². The molecule has 4 rings (SSSR count). The lowest BCUT2D eigenvalue weighted by Gasteiger charge is -2.08. The predicted molar refractivity (Wildman–Crippen MR) is 110 cm³/mol. The van der Waals surface area contributed by atoms with Gasteiger partial charge in [0.2, 0.25) is 5.95 Å². The molecule has 0 saturated carbocycles. The number of hydrazone groups is 1. The number of benzene rings is 2. The number of aromatic hydroxyl groups is 1. The molecule has 0 radical (unpaired) electrons. The maximum atomic E-state index is 9.35. The minimum Gasteiger partial charge on any atom is -0.508 e. The topological polar surface area (TPSA) is 83.3 Å². The summed E-state index contributed by atoms with van der Waals surface area (Å²) in [6.45, 7) is 0. The van der Waals surface area contributed by atoms with E-state index in [2.05, 4.69) is 25.5 Å². The molecule has 136 valence electrons. The standard InChI is InChI=1S/C22H17N5O/c28-19-8-6-16(7-9-19)15-24-27-22-25-20(17-4-2-1-3-5-17)14-21(26-22)18-10-12-23-13-11-18/h1-15,28H,(H,25,26,27)/b24-15+. The molecule has 2 aromatic heterocycles. The number of nitrogens with zero attached hydrogens (tertiary/aromatic N) is 4. The van der Waals surface area contributed by atoms with Gasteiger partial charge in [0.05, 0.1) is 17.6 Å². The van der Waals surface area contributed by atoms with Gasteiger partial charge < -0.3 is 5.11 Å². The van der Waals surface area contributed by atoms with Gasteiger partial charge in [-0.05, 0) is 48.0 Å². The van der Waals surface area contributed by atoms with Gasteiger partial charge in [0.25, 0.3) is 0 Å². The molecule has 0 spiro atoms. The van der Waals surface area contributed by atoms with Gasteiger partial charge in [0, 0.05) is 23.5 Å². The average molecular weight is 367 g/mol. The third-order valence-electron chi connectivity index (χ3n) is 4.04. The van der Waals surface area contributed by atoms with Crippen molar-refractivity contribution in [2.24, 2.45) is 5.10 Å². The lowest BCUT2D eigenvalue weighted by molar-refractivity contribution is 0.475. The van der Waals surface area contributed by atoms with Crippen LogP contribution in [-0.4, -0.2) is 26.3 Å². The van der Waals surface area contributed by atoms with E-state index in [1.165, 1.54) is 0 Å². The highest BCUT2D eigenvalue weighted by atomic mass is 16.3. The highest BCUT2D eigenvalue weighted by molar-refractivity contribution is 5.80. The lowest BCUT2D eigenvalue weighted by atomic mass is 10.1. The summed E-state index contributed by atoms with van der Waals surface area (Å²) in [5, 5.41) is 13.6. The van der Waals surface area contributed by atoms with Gasteiger partial charge in [-0.3, -0.25) is 4.98 Å². The predicted octanol–water partition coefficient (Wildman–Crippen LogP) is 4.36. The molecule has 0 saturated heterocycles. The monoisotopic (exact) mass is 367 g/mol. The Bertz CT molecular complexity index is 1020. The van der Waals surface area contributed by atoms with E-state index >= 15 is 0 Å². The Hall–Kier alpha value is -4.06. The molecule has 0 aliphatic carbocycles. The zero-order valence-electron chi connectivity index (χ0n) is 14.9. The number of pyridine rings is 1. The van der Waals surface area contributed by atoms with Crippen molar-refractivity contribution in [3.63, 3.8) is 0 Å². The minimum atomic E-state index is 0.214. The van der Waals surface area contributed by atoms with Crippen molar-refractivity contribution in [1.29, 1.82) is 0 Å². The maximum absolute atomic E-state index is 9.35. The third-order valence-corrected chi connectivity index (χ3v) is 4.04. The number of anilines is 1. The van der Waals surface area contributed by atoms with Crippen molar-refractivity contribution < 1.29 is 5.11 Å². The molecule has 2 aromatic carbocycles. The van der Waals surface area contributed by atoms with Crippen molar-refractivity contribution in [2.75, 3.05) is 5.43 Å². The molecule has 0 unspecified atom stereocenters. The average Bonchev–Trinajstić information content (AvgIpc) is 2.76. The van der Waals surface area contributed by atoms with Gasteiger partial charge in [0.1, 0.15) is 5.75 Å². The largest absolute Gasteiger partial charge is 0.508 e. The number of phenolic OH excluding ortho intramolecular Hbond substituents is 1. The molecule has 2 N–H and O–H groups in total. The Morgan fingerprint density at radius 1 is 0.786 bits per heavy atom. The van der Waals surface area contributed by atoms with Crippen LogP contribution in [0.2, 0.25) is 0 Å². The molecule has 0 aliphatic rings. The maximum Gasteiger partial charge on any atom is 0.244 e. The van der Waals surface area contributed by atoms with E-state index in [0.717, 1.165) is 28.1 Å². The van der Waals surface area contributed by atoms with Crippen LogP contribution in [0, 0.1) is 0 Å². The minimum absolute atomic E-state index is 0.214. The van der Waals surface area contributed by atoms with Crippen LogP contribution in [0.25, 0.3) is 22.5 Å². The van der Waals surface area contributed by atoms with Crippen molar-refractivity contribution in [3.05, 3.63) is 90.8 Å². The fourth-order valence-corrected chi connectivity index (χ4v) is 2.65. The highest BCUT2D eigenvalue weighted by Crippen LogP contribution is 2.24. The summed E-state index contributed by atoms with van der Waals surface area (Å²) in [5.74, 6) is 0.606. The van der Waals surface area contributed by atoms with Crippen LogP contribution in [-0.2, 0) is 0 Å². The number of nitrogens with one attached hydrogen (secondary N) is 1. The number of hydrogen-bond acceptors (Lipinski definition) is 6. The van der Waals surface area contributed by atoms with Crippen LogP contribution in [0.3, 0.4) is 0 Å². The molecular weight excluding hydrogens is 350 g/mol. The second-order valence-corrected chi connectivity index (χ2v) is 6.03. The summed E-state index contributed by atoms with van der Waals surface area (Å²) in [6, 6.07) is 22.4. The first-order chi connectivity index (χ1) is 13.8. The highest BCUT2D eigenvalue weighted by Gasteiger charge is 2.08. The van der Waals surface area contributed by atoms with Crippen LogP contribution in [0.4, 0.5) is 5.95 Å². The lowest BCUT2D eigenvalue weighted by Crippen LogP contribution is -2.00. The molecule has 4 aromatic rings. The summed E-state index contributed by atoms with van der Waals surface area (Å²) < 4.78 is 0. The fraction of sp³-hybridized carbons (Fsp3) is 0. The third kappa shape index (κ3) is 4.19. The van der Waals surface area contributed by atoms with Crippen molar-refractivity contribution in [1.82, 2.24) is 15.0 Å².